The Morgan fingerprint density at radius 1 is 1.25 bits per heavy atom. The number of aromatic nitrogens is 1. The van der Waals surface area contributed by atoms with E-state index in [-0.39, 0.29) is 0 Å². The normalized spacial score (nSPS) is 21.4. The van der Waals surface area contributed by atoms with Gasteiger partial charge in [-0.1, -0.05) is 12.1 Å². The first kappa shape index (κ1) is 13.1. The fourth-order valence-corrected chi connectivity index (χ4v) is 3.11. The van der Waals surface area contributed by atoms with Crippen LogP contribution in [-0.2, 0) is 12.0 Å². The Labute approximate surface area is 119 Å². The number of hydrogen-bond donors (Lipinski definition) is 1. The third-order valence-corrected chi connectivity index (χ3v) is 4.20. The van der Waals surface area contributed by atoms with Crippen molar-refractivity contribution < 1.29 is 4.74 Å². The molecule has 2 aromatic rings. The minimum absolute atomic E-state index is 0.457. The molecule has 0 bridgehead atoms. The van der Waals surface area contributed by atoms with Crippen LogP contribution < -0.4 is 10.5 Å². The Kier molecular flexibility index (Phi) is 3.22. The Hall–Kier alpha value is -1.87. The number of nitrogens with two attached hydrogens (primary N) is 1. The van der Waals surface area contributed by atoms with Gasteiger partial charge in [-0.2, -0.15) is 0 Å². The van der Waals surface area contributed by atoms with Crippen LogP contribution in [0.3, 0.4) is 0 Å². The third kappa shape index (κ3) is 2.08. The molecule has 1 heterocycles. The van der Waals surface area contributed by atoms with Gasteiger partial charge in [-0.25, -0.2) is 0 Å². The Balaban J connectivity index is 2.16. The molecule has 2 N–H and O–H groups in total. The summed E-state index contributed by atoms with van der Waals surface area (Å²) in [6, 6.07) is 8.37. The molecule has 0 spiro atoms. The summed E-state index contributed by atoms with van der Waals surface area (Å²) in [5.74, 6) is 0.862. The molecule has 1 aromatic heterocycles. The van der Waals surface area contributed by atoms with Crippen LogP contribution in [0.1, 0.15) is 35.1 Å². The van der Waals surface area contributed by atoms with Gasteiger partial charge in [-0.15, -0.1) is 0 Å². The maximum Gasteiger partial charge on any atom is 0.119 e. The number of pyridine rings is 1. The minimum atomic E-state index is -0.457. The lowest BCUT2D eigenvalue weighted by Gasteiger charge is -2.36. The van der Waals surface area contributed by atoms with Gasteiger partial charge in [0, 0.05) is 12.4 Å². The topological polar surface area (TPSA) is 48.1 Å². The Bertz CT molecular complexity index is 639. The lowest BCUT2D eigenvalue weighted by Crippen LogP contribution is -2.41. The van der Waals surface area contributed by atoms with Crippen molar-refractivity contribution in [2.45, 2.75) is 31.7 Å². The van der Waals surface area contributed by atoms with E-state index in [1.807, 2.05) is 18.5 Å². The van der Waals surface area contributed by atoms with E-state index in [1.165, 1.54) is 11.1 Å². The van der Waals surface area contributed by atoms with E-state index in [1.54, 1.807) is 7.11 Å². The number of methoxy groups -OCH3 is 1. The van der Waals surface area contributed by atoms with Crippen molar-refractivity contribution >= 4 is 0 Å². The van der Waals surface area contributed by atoms with Gasteiger partial charge < -0.3 is 10.5 Å². The van der Waals surface area contributed by atoms with Crippen LogP contribution in [0.15, 0.2) is 36.7 Å². The van der Waals surface area contributed by atoms with E-state index < -0.39 is 5.54 Å². The van der Waals surface area contributed by atoms with Crippen LogP contribution in [0.5, 0.6) is 5.75 Å². The first-order valence-corrected chi connectivity index (χ1v) is 7.02. The SMILES string of the molecule is COc1ccc2c(c1)C(N)(c1cncc(C)c1)CCC2. The standard InChI is InChI=1S/C17H20N2O/c1-12-8-14(11-19-10-12)17(18)7-3-4-13-5-6-15(20-2)9-16(13)17/h5-6,8-11H,3-4,7,18H2,1-2H3. The second-order valence-corrected chi connectivity index (χ2v) is 5.60. The zero-order valence-electron chi connectivity index (χ0n) is 12.0. The van der Waals surface area contributed by atoms with E-state index in [2.05, 4.69) is 30.1 Å². The molecule has 20 heavy (non-hydrogen) atoms. The molecule has 0 fully saturated rings. The van der Waals surface area contributed by atoms with Crippen molar-refractivity contribution in [2.75, 3.05) is 7.11 Å². The molecular weight excluding hydrogens is 248 g/mol. The lowest BCUT2D eigenvalue weighted by atomic mass is 9.73. The molecule has 1 aliphatic rings. The molecule has 1 aromatic carbocycles. The predicted octanol–water partition coefficient (Wildman–Crippen LogP) is 2.94. The van der Waals surface area contributed by atoms with Crippen LogP contribution in [0.2, 0.25) is 0 Å². The molecule has 0 saturated carbocycles. The molecule has 0 saturated heterocycles. The highest BCUT2D eigenvalue weighted by Gasteiger charge is 2.35. The summed E-state index contributed by atoms with van der Waals surface area (Å²) in [6.07, 6.45) is 6.88. The summed E-state index contributed by atoms with van der Waals surface area (Å²) in [4.78, 5) is 4.31. The zero-order valence-corrected chi connectivity index (χ0v) is 12.0. The summed E-state index contributed by atoms with van der Waals surface area (Å²) in [5.41, 5.74) is 11.1. The highest BCUT2D eigenvalue weighted by molar-refractivity contribution is 5.47. The van der Waals surface area contributed by atoms with Crippen molar-refractivity contribution in [3.63, 3.8) is 0 Å². The van der Waals surface area contributed by atoms with Crippen molar-refractivity contribution in [3.05, 3.63) is 58.9 Å². The number of rotatable bonds is 2. The van der Waals surface area contributed by atoms with E-state index in [4.69, 9.17) is 10.5 Å². The number of benzene rings is 1. The van der Waals surface area contributed by atoms with Gasteiger partial charge in [0.15, 0.2) is 0 Å². The number of hydrogen-bond acceptors (Lipinski definition) is 3. The van der Waals surface area contributed by atoms with Gasteiger partial charge >= 0.3 is 0 Å². The molecule has 0 aliphatic heterocycles. The van der Waals surface area contributed by atoms with Crippen LogP contribution >= 0.6 is 0 Å². The summed E-state index contributed by atoms with van der Waals surface area (Å²) in [5, 5.41) is 0. The van der Waals surface area contributed by atoms with E-state index in [0.717, 1.165) is 36.1 Å². The first-order valence-electron chi connectivity index (χ1n) is 7.02. The number of fused-ring (bicyclic) bond motifs is 1. The first-order chi connectivity index (χ1) is 9.63. The molecule has 0 amide bonds. The molecular formula is C17H20N2O. The summed E-state index contributed by atoms with van der Waals surface area (Å²) in [6.45, 7) is 2.05. The quantitative estimate of drug-likeness (QED) is 0.911. The molecule has 3 rings (SSSR count). The zero-order chi connectivity index (χ0) is 14.2. The second kappa shape index (κ2) is 4.91. The number of nitrogens with zero attached hydrogens (tertiary/aromatic N) is 1. The Morgan fingerprint density at radius 2 is 2.10 bits per heavy atom. The highest BCUT2D eigenvalue weighted by Crippen LogP contribution is 2.40. The Morgan fingerprint density at radius 3 is 2.85 bits per heavy atom. The van der Waals surface area contributed by atoms with E-state index >= 15 is 0 Å². The van der Waals surface area contributed by atoms with Crippen LogP contribution in [0.25, 0.3) is 0 Å². The summed E-state index contributed by atoms with van der Waals surface area (Å²) < 4.78 is 5.36. The third-order valence-electron chi connectivity index (χ3n) is 4.20. The monoisotopic (exact) mass is 268 g/mol. The fraction of sp³-hybridized carbons (Fsp3) is 0.353. The van der Waals surface area contributed by atoms with Gasteiger partial charge in [0.05, 0.1) is 12.6 Å². The average molecular weight is 268 g/mol. The van der Waals surface area contributed by atoms with Crippen molar-refractivity contribution in [2.24, 2.45) is 5.73 Å². The minimum Gasteiger partial charge on any atom is -0.497 e. The number of ether oxygens (including phenoxy) is 1. The molecule has 1 aliphatic carbocycles. The van der Waals surface area contributed by atoms with Crippen molar-refractivity contribution in [1.82, 2.24) is 4.98 Å². The highest BCUT2D eigenvalue weighted by atomic mass is 16.5. The maximum atomic E-state index is 6.79. The second-order valence-electron chi connectivity index (χ2n) is 5.60. The van der Waals surface area contributed by atoms with Crippen LogP contribution in [0, 0.1) is 6.92 Å². The number of aryl methyl sites for hydroxylation is 2. The van der Waals surface area contributed by atoms with Gasteiger partial charge in [-0.05, 0) is 60.6 Å². The largest absolute Gasteiger partial charge is 0.497 e. The maximum absolute atomic E-state index is 6.79. The van der Waals surface area contributed by atoms with Gasteiger partial charge in [0.1, 0.15) is 5.75 Å². The van der Waals surface area contributed by atoms with Crippen molar-refractivity contribution in [1.29, 1.82) is 0 Å². The van der Waals surface area contributed by atoms with Crippen LogP contribution in [-0.4, -0.2) is 12.1 Å². The molecule has 1 unspecified atom stereocenters. The van der Waals surface area contributed by atoms with E-state index in [9.17, 15) is 0 Å². The predicted molar refractivity (Wildman–Crippen MR) is 79.9 cm³/mol. The smallest absolute Gasteiger partial charge is 0.119 e. The van der Waals surface area contributed by atoms with Gasteiger partial charge in [0.2, 0.25) is 0 Å². The summed E-state index contributed by atoms with van der Waals surface area (Å²) in [7, 11) is 1.69. The molecule has 0 radical (unpaired) electrons. The van der Waals surface area contributed by atoms with E-state index in [0.29, 0.717) is 0 Å². The molecule has 1 atom stereocenters. The van der Waals surface area contributed by atoms with Crippen molar-refractivity contribution in [3.8, 4) is 5.75 Å². The van der Waals surface area contributed by atoms with Gasteiger partial charge in [0.25, 0.3) is 0 Å². The van der Waals surface area contributed by atoms with Gasteiger partial charge in [-0.3, -0.25) is 4.98 Å². The van der Waals surface area contributed by atoms with Crippen LogP contribution in [0.4, 0.5) is 0 Å². The lowest BCUT2D eigenvalue weighted by molar-refractivity contribution is 0.404. The summed E-state index contributed by atoms with van der Waals surface area (Å²) >= 11 is 0. The average Bonchev–Trinajstić information content (AvgIpc) is 2.47. The fourth-order valence-electron chi connectivity index (χ4n) is 3.11. The molecule has 104 valence electrons. The molecule has 3 heteroatoms. The molecule has 3 nitrogen and oxygen atoms in total.